The molecule has 40 valence electrons. The zero-order chi connectivity index (χ0) is 5.86. The molecule has 0 aromatic carbocycles. The molecule has 0 bridgehead atoms. The lowest BCUT2D eigenvalue weighted by Gasteiger charge is -1.81. The number of nitrogens with zero attached hydrogens (tertiary/aromatic N) is 1. The van der Waals surface area contributed by atoms with Crippen LogP contribution in [0.2, 0.25) is 0 Å². The number of aliphatic imine (C=N–C) groups is 1. The average molecular weight is 138 g/mol. The number of hydrogen-bond acceptors (Lipinski definition) is 1. The van der Waals surface area contributed by atoms with Gasteiger partial charge in [-0.15, -0.1) is 0 Å². The molecule has 0 saturated carbocycles. The van der Waals surface area contributed by atoms with Gasteiger partial charge in [0, 0.05) is 0 Å². The Balaban J connectivity index is 3.68. The quantitative estimate of drug-likeness (QED) is 0.389. The third-order valence-corrected chi connectivity index (χ3v) is 0.444. The third-order valence-electron chi connectivity index (χ3n) is 0.275. The van der Waals surface area contributed by atoms with Gasteiger partial charge in [-0.1, -0.05) is 29.8 Å². The first-order chi connectivity index (χ1) is 3.13. The number of halogens is 2. The maximum atomic E-state index is 5.28. The third kappa shape index (κ3) is 5.99. The van der Waals surface area contributed by atoms with Gasteiger partial charge in [0.15, 0.2) is 0 Å². The first kappa shape index (κ1) is 6.99. The van der Waals surface area contributed by atoms with Crippen molar-refractivity contribution in [3.05, 3.63) is 11.7 Å². The van der Waals surface area contributed by atoms with Crippen LogP contribution < -0.4 is 0 Å². The molecule has 0 fully saturated rings. The molecule has 0 heterocycles. The molecule has 0 saturated heterocycles. The summed E-state index contributed by atoms with van der Waals surface area (Å²) in [5, 5.41) is 0.618. The summed E-state index contributed by atoms with van der Waals surface area (Å²) in [5.41, 5.74) is 0. The summed E-state index contributed by atoms with van der Waals surface area (Å²) in [7, 11) is 0. The summed E-state index contributed by atoms with van der Waals surface area (Å²) in [6.07, 6.45) is 0. The normalized spacial score (nSPS) is 11.6. The second kappa shape index (κ2) is 3.05. The fourth-order valence-corrected chi connectivity index (χ4v) is 0.439. The Morgan fingerprint density at radius 1 is 1.57 bits per heavy atom. The van der Waals surface area contributed by atoms with Crippen LogP contribution in [0.3, 0.4) is 0 Å². The smallest absolute Gasteiger partial charge is 0.123 e. The van der Waals surface area contributed by atoms with E-state index < -0.39 is 0 Å². The molecule has 0 aliphatic rings. The Bertz CT molecular complexity index is 102. The predicted molar refractivity (Wildman–Crippen MR) is 34.0 cm³/mol. The molecule has 1 nitrogen and oxygen atoms in total. The lowest BCUT2D eigenvalue weighted by molar-refractivity contribution is 1.53. The van der Waals surface area contributed by atoms with Crippen molar-refractivity contribution in [2.24, 2.45) is 4.99 Å². The first-order valence-electron chi connectivity index (χ1n) is 1.68. The molecule has 7 heavy (non-hydrogen) atoms. The lowest BCUT2D eigenvalue weighted by atomic mass is 10.8. The van der Waals surface area contributed by atoms with Crippen LogP contribution in [-0.2, 0) is 0 Å². The van der Waals surface area contributed by atoms with Crippen molar-refractivity contribution in [1.82, 2.24) is 0 Å². The van der Waals surface area contributed by atoms with Gasteiger partial charge in [0.2, 0.25) is 0 Å². The maximum Gasteiger partial charge on any atom is 0.123 e. The number of hydrogen-bond donors (Lipinski definition) is 0. The van der Waals surface area contributed by atoms with Gasteiger partial charge in [-0.05, 0) is 6.92 Å². The Morgan fingerprint density at radius 2 is 2.00 bits per heavy atom. The summed E-state index contributed by atoms with van der Waals surface area (Å²) < 4.78 is 0. The van der Waals surface area contributed by atoms with Crippen LogP contribution in [0.15, 0.2) is 16.7 Å². The Hall–Kier alpha value is -0.0100. The molecule has 0 N–H and O–H groups in total. The molecular formula is C4H5Cl2N. The summed E-state index contributed by atoms with van der Waals surface area (Å²) in [6.45, 7) is 4.92. The van der Waals surface area contributed by atoms with Crippen LogP contribution in [0, 0.1) is 0 Å². The van der Waals surface area contributed by atoms with Crippen molar-refractivity contribution in [2.75, 3.05) is 0 Å². The van der Waals surface area contributed by atoms with Gasteiger partial charge in [0.25, 0.3) is 0 Å². The van der Waals surface area contributed by atoms with Crippen LogP contribution in [0.4, 0.5) is 0 Å². The summed E-state index contributed by atoms with van der Waals surface area (Å²) in [5.74, 6) is 0. The highest BCUT2D eigenvalue weighted by atomic mass is 35.5. The molecule has 0 aliphatic heterocycles. The van der Waals surface area contributed by atoms with Crippen molar-refractivity contribution >= 4 is 28.4 Å². The zero-order valence-corrected chi connectivity index (χ0v) is 5.42. The molecule has 0 amide bonds. The molecular weight excluding hydrogens is 133 g/mol. The lowest BCUT2D eigenvalue weighted by Crippen LogP contribution is -1.71. The van der Waals surface area contributed by atoms with E-state index in [4.69, 9.17) is 23.2 Å². The van der Waals surface area contributed by atoms with Crippen LogP contribution >= 0.6 is 23.2 Å². The second-order valence-electron chi connectivity index (χ2n) is 0.985. The van der Waals surface area contributed by atoms with Gasteiger partial charge in [-0.3, -0.25) is 0 Å². The fourth-order valence-electron chi connectivity index (χ4n) is 0.167. The molecule has 0 aromatic rings. The van der Waals surface area contributed by atoms with Gasteiger partial charge in [0.05, 0.1) is 0 Å². The summed E-state index contributed by atoms with van der Waals surface area (Å²) in [4.78, 5) is 3.53. The highest BCUT2D eigenvalue weighted by molar-refractivity contribution is 6.65. The average Bonchev–Trinajstić information content (AvgIpc) is 1.27. The van der Waals surface area contributed by atoms with Crippen molar-refractivity contribution in [1.29, 1.82) is 0 Å². The van der Waals surface area contributed by atoms with Crippen molar-refractivity contribution in [3.63, 3.8) is 0 Å². The molecule has 0 radical (unpaired) electrons. The molecule has 0 aromatic heterocycles. The van der Waals surface area contributed by atoms with E-state index in [-0.39, 0.29) is 5.16 Å². The zero-order valence-electron chi connectivity index (χ0n) is 3.91. The molecule has 0 aliphatic carbocycles. The predicted octanol–water partition coefficient (Wildman–Crippen LogP) is 2.35. The van der Waals surface area contributed by atoms with E-state index in [9.17, 15) is 0 Å². The largest absolute Gasteiger partial charge is 0.230 e. The van der Waals surface area contributed by atoms with Crippen LogP contribution in [0.1, 0.15) is 6.92 Å². The molecule has 3 heteroatoms. The summed E-state index contributed by atoms with van der Waals surface area (Å²) >= 11 is 10.5. The number of rotatable bonds is 1. The molecule has 0 rings (SSSR count). The highest BCUT2D eigenvalue weighted by Crippen LogP contribution is 1.99. The van der Waals surface area contributed by atoms with Crippen LogP contribution in [0.5, 0.6) is 0 Å². The standard InChI is InChI=1S/C4H5Cl2N/c1-3(5)7-4(2)6/h1H2,2H3. The van der Waals surface area contributed by atoms with E-state index in [1.54, 1.807) is 6.92 Å². The van der Waals surface area contributed by atoms with Gasteiger partial charge in [-0.25, -0.2) is 4.99 Å². The van der Waals surface area contributed by atoms with Gasteiger partial charge < -0.3 is 0 Å². The Morgan fingerprint density at radius 3 is 2.00 bits per heavy atom. The van der Waals surface area contributed by atoms with E-state index in [2.05, 4.69) is 11.6 Å². The van der Waals surface area contributed by atoms with Gasteiger partial charge in [-0.2, -0.15) is 0 Å². The van der Waals surface area contributed by atoms with Crippen molar-refractivity contribution < 1.29 is 0 Å². The second-order valence-corrected chi connectivity index (χ2v) is 1.97. The SMILES string of the molecule is C=C(Cl)N=C(C)Cl. The van der Waals surface area contributed by atoms with Gasteiger partial charge >= 0.3 is 0 Å². The monoisotopic (exact) mass is 137 g/mol. The van der Waals surface area contributed by atoms with E-state index in [1.807, 2.05) is 0 Å². The first-order valence-corrected chi connectivity index (χ1v) is 2.43. The highest BCUT2D eigenvalue weighted by Gasteiger charge is 1.79. The van der Waals surface area contributed by atoms with E-state index >= 15 is 0 Å². The maximum absolute atomic E-state index is 5.28. The van der Waals surface area contributed by atoms with Crippen molar-refractivity contribution in [2.45, 2.75) is 6.92 Å². The van der Waals surface area contributed by atoms with Crippen molar-refractivity contribution in [3.8, 4) is 0 Å². The fraction of sp³-hybridized carbons (Fsp3) is 0.250. The van der Waals surface area contributed by atoms with Crippen LogP contribution in [0.25, 0.3) is 0 Å². The van der Waals surface area contributed by atoms with E-state index in [1.165, 1.54) is 0 Å². The van der Waals surface area contributed by atoms with E-state index in [0.29, 0.717) is 5.17 Å². The topological polar surface area (TPSA) is 12.4 Å². The van der Waals surface area contributed by atoms with Crippen LogP contribution in [-0.4, -0.2) is 5.17 Å². The summed E-state index contributed by atoms with van der Waals surface area (Å²) in [6, 6.07) is 0. The van der Waals surface area contributed by atoms with E-state index in [0.717, 1.165) is 0 Å². The van der Waals surface area contributed by atoms with Gasteiger partial charge in [0.1, 0.15) is 10.3 Å². The molecule has 0 atom stereocenters. The minimum absolute atomic E-state index is 0.215. The minimum atomic E-state index is 0.215. The Labute approximate surface area is 52.6 Å². The Kier molecular flexibility index (Phi) is 3.05. The molecule has 0 spiro atoms. The molecule has 0 unspecified atom stereocenters. The minimum Gasteiger partial charge on any atom is -0.230 e.